The fraction of sp³-hybridized carbons (Fsp3) is 0.500. The van der Waals surface area contributed by atoms with Crippen LogP contribution in [0.25, 0.3) is 0 Å². The van der Waals surface area contributed by atoms with Crippen molar-refractivity contribution in [3.63, 3.8) is 0 Å². The minimum atomic E-state index is 0.745. The van der Waals surface area contributed by atoms with E-state index in [4.69, 9.17) is 0 Å². The van der Waals surface area contributed by atoms with Crippen LogP contribution >= 0.6 is 0 Å². The summed E-state index contributed by atoms with van der Waals surface area (Å²) in [6, 6.07) is 8.88. The van der Waals surface area contributed by atoms with Gasteiger partial charge in [0.2, 0.25) is 0 Å². The van der Waals surface area contributed by atoms with Gasteiger partial charge in [0.05, 0.1) is 0 Å². The van der Waals surface area contributed by atoms with Gasteiger partial charge in [-0.15, -0.1) is 0 Å². The molecule has 0 bridgehead atoms. The highest BCUT2D eigenvalue weighted by Gasteiger charge is 2.18. The van der Waals surface area contributed by atoms with Crippen LogP contribution in [0.1, 0.15) is 29.9 Å². The molecule has 1 N–H and O–H groups in total. The molecule has 0 spiro atoms. The molecule has 1 atom stereocenters. The van der Waals surface area contributed by atoms with Gasteiger partial charge in [0.25, 0.3) is 0 Å². The van der Waals surface area contributed by atoms with Gasteiger partial charge >= 0.3 is 0 Å². The van der Waals surface area contributed by atoms with E-state index in [0.717, 1.165) is 12.5 Å². The first-order valence-corrected chi connectivity index (χ1v) is 5.14. The van der Waals surface area contributed by atoms with Gasteiger partial charge in [0, 0.05) is 6.54 Å². The Morgan fingerprint density at radius 1 is 1.38 bits per heavy atom. The molecule has 0 amide bonds. The maximum Gasteiger partial charge on any atom is 0.00172 e. The molecule has 1 heteroatoms. The Labute approximate surface area is 80.2 Å². The first kappa shape index (κ1) is 8.76. The van der Waals surface area contributed by atoms with Gasteiger partial charge in [-0.3, -0.25) is 0 Å². The number of hydrogen-bond acceptors (Lipinski definition) is 1. The first-order valence-electron chi connectivity index (χ1n) is 5.14. The van der Waals surface area contributed by atoms with Gasteiger partial charge in [-0.05, 0) is 43.4 Å². The SMILES string of the molecule is CNC[C@@H]1CCCc2ccccc21. The van der Waals surface area contributed by atoms with Gasteiger partial charge in [0.15, 0.2) is 0 Å². The zero-order valence-electron chi connectivity index (χ0n) is 8.22. The highest BCUT2D eigenvalue weighted by atomic mass is 14.8. The monoisotopic (exact) mass is 175 g/mol. The summed E-state index contributed by atoms with van der Waals surface area (Å²) in [5, 5.41) is 3.28. The molecule has 0 radical (unpaired) electrons. The van der Waals surface area contributed by atoms with Crippen molar-refractivity contribution in [1.82, 2.24) is 5.32 Å². The van der Waals surface area contributed by atoms with E-state index in [-0.39, 0.29) is 0 Å². The van der Waals surface area contributed by atoms with E-state index in [1.54, 1.807) is 11.1 Å². The minimum Gasteiger partial charge on any atom is -0.319 e. The fourth-order valence-electron chi connectivity index (χ4n) is 2.31. The minimum absolute atomic E-state index is 0.745. The third kappa shape index (κ3) is 1.75. The maximum atomic E-state index is 3.28. The van der Waals surface area contributed by atoms with Crippen molar-refractivity contribution in [2.24, 2.45) is 0 Å². The second kappa shape index (κ2) is 3.93. The van der Waals surface area contributed by atoms with E-state index in [2.05, 4.69) is 29.6 Å². The topological polar surface area (TPSA) is 12.0 Å². The summed E-state index contributed by atoms with van der Waals surface area (Å²) in [5.74, 6) is 0.745. The van der Waals surface area contributed by atoms with Crippen LogP contribution in [0, 0.1) is 0 Å². The smallest absolute Gasteiger partial charge is 0.00172 e. The molecular formula is C12H17N. The Kier molecular flexibility index (Phi) is 2.65. The average Bonchev–Trinajstić information content (AvgIpc) is 2.19. The lowest BCUT2D eigenvalue weighted by molar-refractivity contribution is 0.529. The van der Waals surface area contributed by atoms with E-state index >= 15 is 0 Å². The molecule has 0 saturated carbocycles. The third-order valence-corrected chi connectivity index (χ3v) is 2.94. The molecule has 0 heterocycles. The normalized spacial score (nSPS) is 21.2. The molecule has 2 rings (SSSR count). The summed E-state index contributed by atoms with van der Waals surface area (Å²) in [4.78, 5) is 0. The number of likely N-dealkylation sites (N-methyl/N-ethyl adjacent to an activating group) is 1. The summed E-state index contributed by atoms with van der Waals surface area (Å²) in [5.41, 5.74) is 3.14. The zero-order valence-corrected chi connectivity index (χ0v) is 8.22. The fourth-order valence-corrected chi connectivity index (χ4v) is 2.31. The Morgan fingerprint density at radius 3 is 3.08 bits per heavy atom. The van der Waals surface area contributed by atoms with Gasteiger partial charge in [-0.2, -0.15) is 0 Å². The molecule has 13 heavy (non-hydrogen) atoms. The number of fused-ring (bicyclic) bond motifs is 1. The van der Waals surface area contributed by atoms with Crippen LogP contribution in [-0.4, -0.2) is 13.6 Å². The number of benzene rings is 1. The van der Waals surface area contributed by atoms with Crippen LogP contribution in [-0.2, 0) is 6.42 Å². The Bertz CT molecular complexity index is 280. The molecule has 1 nitrogen and oxygen atoms in total. The van der Waals surface area contributed by atoms with Gasteiger partial charge in [-0.1, -0.05) is 24.3 Å². The Morgan fingerprint density at radius 2 is 2.23 bits per heavy atom. The van der Waals surface area contributed by atoms with E-state index in [1.165, 1.54) is 19.3 Å². The average molecular weight is 175 g/mol. The molecule has 0 saturated heterocycles. The molecule has 1 aliphatic carbocycles. The van der Waals surface area contributed by atoms with Crippen molar-refractivity contribution in [3.05, 3.63) is 35.4 Å². The predicted octanol–water partition coefficient (Wildman–Crippen LogP) is 2.33. The van der Waals surface area contributed by atoms with Crippen LogP contribution in [0.4, 0.5) is 0 Å². The van der Waals surface area contributed by atoms with E-state index in [1.807, 2.05) is 7.05 Å². The van der Waals surface area contributed by atoms with E-state index in [0.29, 0.717) is 0 Å². The second-order valence-corrected chi connectivity index (χ2v) is 3.85. The van der Waals surface area contributed by atoms with Crippen LogP contribution in [0.15, 0.2) is 24.3 Å². The number of aryl methyl sites for hydroxylation is 1. The van der Waals surface area contributed by atoms with Crippen LogP contribution in [0.3, 0.4) is 0 Å². The standard InChI is InChI=1S/C12H17N/c1-13-9-11-7-4-6-10-5-2-3-8-12(10)11/h2-3,5,8,11,13H,4,6-7,9H2,1H3/t11-/m0/s1. The molecule has 0 fully saturated rings. The lowest BCUT2D eigenvalue weighted by atomic mass is 9.83. The van der Waals surface area contributed by atoms with Gasteiger partial charge in [0.1, 0.15) is 0 Å². The Balaban J connectivity index is 2.26. The number of hydrogen-bond donors (Lipinski definition) is 1. The van der Waals surface area contributed by atoms with Crippen molar-refractivity contribution in [2.45, 2.75) is 25.2 Å². The summed E-state index contributed by atoms with van der Waals surface area (Å²) in [6.07, 6.45) is 3.97. The van der Waals surface area contributed by atoms with Crippen molar-refractivity contribution >= 4 is 0 Å². The van der Waals surface area contributed by atoms with Gasteiger partial charge in [-0.25, -0.2) is 0 Å². The van der Waals surface area contributed by atoms with Crippen molar-refractivity contribution in [3.8, 4) is 0 Å². The maximum absolute atomic E-state index is 3.28. The highest BCUT2D eigenvalue weighted by molar-refractivity contribution is 5.32. The lowest BCUT2D eigenvalue weighted by Gasteiger charge is -2.25. The van der Waals surface area contributed by atoms with Crippen LogP contribution < -0.4 is 5.32 Å². The summed E-state index contributed by atoms with van der Waals surface area (Å²) in [6.45, 7) is 1.12. The summed E-state index contributed by atoms with van der Waals surface area (Å²) < 4.78 is 0. The van der Waals surface area contributed by atoms with Crippen molar-refractivity contribution in [1.29, 1.82) is 0 Å². The van der Waals surface area contributed by atoms with Crippen molar-refractivity contribution < 1.29 is 0 Å². The molecule has 0 aromatic heterocycles. The van der Waals surface area contributed by atoms with E-state index in [9.17, 15) is 0 Å². The predicted molar refractivity (Wildman–Crippen MR) is 56.0 cm³/mol. The first-order chi connectivity index (χ1) is 6.42. The molecular weight excluding hydrogens is 158 g/mol. The largest absolute Gasteiger partial charge is 0.319 e. The van der Waals surface area contributed by atoms with Crippen LogP contribution in [0.2, 0.25) is 0 Å². The lowest BCUT2D eigenvalue weighted by Crippen LogP contribution is -2.21. The molecule has 1 aromatic carbocycles. The number of nitrogens with one attached hydrogen (secondary N) is 1. The van der Waals surface area contributed by atoms with E-state index < -0.39 is 0 Å². The molecule has 1 aromatic rings. The zero-order chi connectivity index (χ0) is 9.10. The quantitative estimate of drug-likeness (QED) is 0.727. The molecule has 0 unspecified atom stereocenters. The molecule has 1 aliphatic rings. The Hall–Kier alpha value is -0.820. The van der Waals surface area contributed by atoms with Crippen molar-refractivity contribution in [2.75, 3.05) is 13.6 Å². The summed E-state index contributed by atoms with van der Waals surface area (Å²) >= 11 is 0. The highest BCUT2D eigenvalue weighted by Crippen LogP contribution is 2.30. The molecule has 0 aliphatic heterocycles. The molecule has 70 valence electrons. The summed E-state index contributed by atoms with van der Waals surface area (Å²) in [7, 11) is 2.04. The number of rotatable bonds is 2. The second-order valence-electron chi connectivity index (χ2n) is 3.85. The van der Waals surface area contributed by atoms with Crippen LogP contribution in [0.5, 0.6) is 0 Å². The van der Waals surface area contributed by atoms with Gasteiger partial charge < -0.3 is 5.32 Å². The third-order valence-electron chi connectivity index (χ3n) is 2.94.